The first-order valence-electron chi connectivity index (χ1n) is 10.3. The molecule has 1 heterocycles. The van der Waals surface area contributed by atoms with E-state index in [0.717, 1.165) is 12.5 Å². The van der Waals surface area contributed by atoms with Crippen molar-refractivity contribution >= 4 is 11.8 Å². The van der Waals surface area contributed by atoms with E-state index in [1.165, 1.54) is 31.4 Å². The summed E-state index contributed by atoms with van der Waals surface area (Å²) in [5.74, 6) is -2.43. The third-order valence-electron chi connectivity index (χ3n) is 6.39. The Hall–Kier alpha value is -2.91. The number of aliphatic hydroxyl groups excluding tert-OH is 1. The second kappa shape index (κ2) is 9.15. The summed E-state index contributed by atoms with van der Waals surface area (Å²) in [6.07, 6.45) is -7.28. The summed E-state index contributed by atoms with van der Waals surface area (Å²) in [6, 6.07) is 7.23. The Balaban J connectivity index is 2.07. The van der Waals surface area contributed by atoms with Crippen LogP contribution in [-0.2, 0) is 24.5 Å². The first-order chi connectivity index (χ1) is 15.4. The van der Waals surface area contributed by atoms with E-state index in [2.05, 4.69) is 0 Å². The highest BCUT2D eigenvalue weighted by molar-refractivity contribution is 6.02. The van der Waals surface area contributed by atoms with Crippen LogP contribution in [0.15, 0.2) is 64.5 Å². The summed E-state index contributed by atoms with van der Waals surface area (Å²) in [5, 5.41) is 20.6. The SMILES string of the molecule is COC1=C(CC=C(C(O)C(C)(C(=O)O)c2ccccc2)C(F)(F)F)C(=O)C2COCC2=C1C. The Bertz CT molecular complexity index is 1040. The molecule has 1 saturated heterocycles. The molecular weight excluding hydrogens is 441 g/mol. The molecule has 3 atom stereocenters. The molecule has 6 nitrogen and oxygen atoms in total. The molecule has 0 saturated carbocycles. The van der Waals surface area contributed by atoms with Crippen LogP contribution in [-0.4, -0.2) is 54.6 Å². The number of Topliss-reactive ketones (excluding diaryl/α,β-unsaturated/α-hetero) is 1. The predicted molar refractivity (Wildman–Crippen MR) is 112 cm³/mol. The molecule has 0 amide bonds. The quantitative estimate of drug-likeness (QED) is 0.595. The minimum absolute atomic E-state index is 0.0113. The van der Waals surface area contributed by atoms with Gasteiger partial charge in [-0.3, -0.25) is 9.59 Å². The van der Waals surface area contributed by atoms with Crippen LogP contribution in [0.3, 0.4) is 0 Å². The molecule has 0 spiro atoms. The molecular formula is C24H25F3O6. The first-order valence-corrected chi connectivity index (χ1v) is 10.3. The number of carboxylic acids is 1. The third-order valence-corrected chi connectivity index (χ3v) is 6.39. The van der Waals surface area contributed by atoms with Crippen molar-refractivity contribution in [2.45, 2.75) is 38.0 Å². The molecule has 1 aromatic carbocycles. The van der Waals surface area contributed by atoms with Gasteiger partial charge >= 0.3 is 12.1 Å². The van der Waals surface area contributed by atoms with E-state index >= 15 is 0 Å². The Morgan fingerprint density at radius 2 is 1.94 bits per heavy atom. The molecule has 178 valence electrons. The Morgan fingerprint density at radius 1 is 1.30 bits per heavy atom. The zero-order chi connectivity index (χ0) is 24.6. The van der Waals surface area contributed by atoms with Gasteiger partial charge in [0, 0.05) is 5.57 Å². The molecule has 0 radical (unpaired) electrons. The highest BCUT2D eigenvalue weighted by atomic mass is 19.4. The largest absolute Gasteiger partial charge is 0.496 e. The molecule has 1 fully saturated rings. The van der Waals surface area contributed by atoms with Gasteiger partial charge in [0.05, 0.1) is 31.8 Å². The lowest BCUT2D eigenvalue weighted by Crippen LogP contribution is -2.47. The van der Waals surface area contributed by atoms with Crippen LogP contribution in [0, 0.1) is 5.92 Å². The van der Waals surface area contributed by atoms with E-state index < -0.39 is 47.4 Å². The third kappa shape index (κ3) is 4.35. The average molecular weight is 466 g/mol. The molecule has 1 aromatic rings. The van der Waals surface area contributed by atoms with Crippen molar-refractivity contribution in [2.24, 2.45) is 5.92 Å². The van der Waals surface area contributed by atoms with Crippen LogP contribution < -0.4 is 0 Å². The number of methoxy groups -OCH3 is 1. The zero-order valence-corrected chi connectivity index (χ0v) is 18.4. The standard InChI is InChI=1S/C24H25F3O6/c1-13-16-11-33-12-17(16)19(28)15(20(13)32-3)9-10-18(24(25,26)27)21(29)23(2,22(30)31)14-7-5-4-6-8-14/h4-8,10,17,21,29H,9,11-12H2,1-3H3,(H,30,31). The second-order valence-corrected chi connectivity index (χ2v) is 8.23. The van der Waals surface area contributed by atoms with Gasteiger partial charge in [0.25, 0.3) is 0 Å². The normalized spacial score (nSPS) is 22.2. The number of ether oxygens (including phenoxy) is 2. The maximum Gasteiger partial charge on any atom is 0.414 e. The molecule has 1 aliphatic carbocycles. The van der Waals surface area contributed by atoms with E-state index in [9.17, 15) is 33.0 Å². The molecule has 33 heavy (non-hydrogen) atoms. The second-order valence-electron chi connectivity index (χ2n) is 8.23. The van der Waals surface area contributed by atoms with Crippen molar-refractivity contribution in [1.82, 2.24) is 0 Å². The van der Waals surface area contributed by atoms with E-state index in [0.29, 0.717) is 11.6 Å². The number of alkyl halides is 3. The van der Waals surface area contributed by atoms with Crippen molar-refractivity contribution in [3.8, 4) is 0 Å². The van der Waals surface area contributed by atoms with Gasteiger partial charge in [-0.1, -0.05) is 36.4 Å². The van der Waals surface area contributed by atoms with Gasteiger partial charge in [0.2, 0.25) is 0 Å². The van der Waals surface area contributed by atoms with Crippen molar-refractivity contribution in [3.05, 3.63) is 70.0 Å². The fourth-order valence-corrected chi connectivity index (χ4v) is 4.34. The lowest BCUT2D eigenvalue weighted by Gasteiger charge is -2.33. The monoisotopic (exact) mass is 466 g/mol. The van der Waals surface area contributed by atoms with E-state index in [-0.39, 0.29) is 30.1 Å². The highest BCUT2D eigenvalue weighted by Crippen LogP contribution is 2.41. The zero-order valence-electron chi connectivity index (χ0n) is 18.4. The van der Waals surface area contributed by atoms with Crippen LogP contribution in [0.5, 0.6) is 0 Å². The number of aliphatic hydroxyl groups is 1. The Labute approximate surface area is 189 Å². The number of hydrogen-bond donors (Lipinski definition) is 2. The van der Waals surface area contributed by atoms with Gasteiger partial charge < -0.3 is 19.7 Å². The van der Waals surface area contributed by atoms with Gasteiger partial charge in [-0.05, 0) is 37.0 Å². The van der Waals surface area contributed by atoms with E-state index in [4.69, 9.17) is 9.47 Å². The summed E-state index contributed by atoms with van der Waals surface area (Å²) >= 11 is 0. The number of fused-ring (bicyclic) bond motifs is 1. The van der Waals surface area contributed by atoms with Gasteiger partial charge in [0.15, 0.2) is 5.78 Å². The van der Waals surface area contributed by atoms with Crippen molar-refractivity contribution in [1.29, 1.82) is 0 Å². The van der Waals surface area contributed by atoms with Crippen LogP contribution in [0.4, 0.5) is 13.2 Å². The maximum atomic E-state index is 14.0. The summed E-state index contributed by atoms with van der Waals surface area (Å²) < 4.78 is 52.7. The summed E-state index contributed by atoms with van der Waals surface area (Å²) in [5.41, 5.74) is -2.31. The molecule has 0 bridgehead atoms. The summed E-state index contributed by atoms with van der Waals surface area (Å²) in [7, 11) is 1.32. The average Bonchev–Trinajstić information content (AvgIpc) is 3.26. The van der Waals surface area contributed by atoms with E-state index in [1.54, 1.807) is 13.0 Å². The smallest absolute Gasteiger partial charge is 0.414 e. The molecule has 9 heteroatoms. The van der Waals surface area contributed by atoms with Crippen molar-refractivity contribution in [3.63, 3.8) is 0 Å². The molecule has 1 aliphatic heterocycles. The van der Waals surface area contributed by atoms with Crippen molar-refractivity contribution in [2.75, 3.05) is 20.3 Å². The lowest BCUT2D eigenvalue weighted by atomic mass is 9.74. The number of aliphatic carboxylic acids is 1. The fourth-order valence-electron chi connectivity index (χ4n) is 4.34. The van der Waals surface area contributed by atoms with Crippen molar-refractivity contribution < 1.29 is 42.4 Å². The number of carbonyl (C=O) groups is 2. The number of rotatable bonds is 7. The number of hydrogen-bond acceptors (Lipinski definition) is 5. The minimum Gasteiger partial charge on any atom is -0.496 e. The van der Waals surface area contributed by atoms with Crippen LogP contribution in [0.25, 0.3) is 0 Å². The summed E-state index contributed by atoms with van der Waals surface area (Å²) in [4.78, 5) is 25.0. The Morgan fingerprint density at radius 3 is 2.48 bits per heavy atom. The maximum absolute atomic E-state index is 14.0. The molecule has 0 aromatic heterocycles. The Kier molecular flexibility index (Phi) is 6.85. The molecule has 2 aliphatic rings. The number of carbonyl (C=O) groups excluding carboxylic acids is 1. The van der Waals surface area contributed by atoms with E-state index in [1.807, 2.05) is 0 Å². The lowest BCUT2D eigenvalue weighted by molar-refractivity contribution is -0.150. The highest BCUT2D eigenvalue weighted by Gasteiger charge is 2.51. The predicted octanol–water partition coefficient (Wildman–Crippen LogP) is 3.71. The summed E-state index contributed by atoms with van der Waals surface area (Å²) in [6.45, 7) is 3.13. The van der Waals surface area contributed by atoms with Gasteiger partial charge in [-0.25, -0.2) is 0 Å². The molecule has 3 rings (SSSR count). The number of halogens is 3. The minimum atomic E-state index is -5.04. The number of allylic oxidation sites excluding steroid dienone is 3. The van der Waals surface area contributed by atoms with Crippen LogP contribution in [0.2, 0.25) is 0 Å². The van der Waals surface area contributed by atoms with Crippen LogP contribution >= 0.6 is 0 Å². The first kappa shape index (κ1) is 24.7. The molecule has 2 N–H and O–H groups in total. The fraction of sp³-hybridized carbons (Fsp3) is 0.417. The topological polar surface area (TPSA) is 93.1 Å². The number of ketones is 1. The van der Waals surface area contributed by atoms with Gasteiger partial charge in [0.1, 0.15) is 17.3 Å². The van der Waals surface area contributed by atoms with Gasteiger partial charge in [-0.15, -0.1) is 0 Å². The van der Waals surface area contributed by atoms with Gasteiger partial charge in [-0.2, -0.15) is 13.2 Å². The number of benzene rings is 1. The molecule has 3 unspecified atom stereocenters. The number of carboxylic acid groups (broad SMARTS) is 1. The van der Waals surface area contributed by atoms with Crippen LogP contribution in [0.1, 0.15) is 25.8 Å².